The Morgan fingerprint density at radius 1 is 1.00 bits per heavy atom. The maximum atomic E-state index is 13.6. The Kier molecular flexibility index (Phi) is 6.35. The summed E-state index contributed by atoms with van der Waals surface area (Å²) in [5.74, 6) is -0.710. The highest BCUT2D eigenvalue weighted by molar-refractivity contribution is 6.12. The summed E-state index contributed by atoms with van der Waals surface area (Å²) in [5, 5.41) is 2.88. The molecule has 4 aromatic rings. The maximum absolute atomic E-state index is 13.6. The minimum atomic E-state index is -0.513. The Morgan fingerprint density at radius 3 is 2.47 bits per heavy atom. The molecule has 0 unspecified atom stereocenters. The minimum absolute atomic E-state index is 0.280. The maximum Gasteiger partial charge on any atom is 0.328 e. The molecule has 0 aliphatic rings. The lowest BCUT2D eigenvalue weighted by atomic mass is 10.1. The van der Waals surface area contributed by atoms with Crippen LogP contribution in [-0.4, -0.2) is 33.4 Å². The van der Waals surface area contributed by atoms with Crippen LogP contribution in [0.3, 0.4) is 0 Å². The van der Waals surface area contributed by atoms with E-state index in [-0.39, 0.29) is 17.4 Å². The van der Waals surface area contributed by atoms with E-state index in [0.29, 0.717) is 40.8 Å². The molecule has 4 rings (SSSR count). The predicted octanol–water partition coefficient (Wildman–Crippen LogP) is 2.83. The van der Waals surface area contributed by atoms with Crippen LogP contribution in [0.5, 0.6) is 0 Å². The third kappa shape index (κ3) is 4.23. The molecule has 0 spiro atoms. The van der Waals surface area contributed by atoms with Crippen LogP contribution in [0.25, 0.3) is 10.9 Å². The normalized spacial score (nSPS) is 10.8. The molecule has 2 aromatic heterocycles. The number of carbonyl (C=O) groups is 2. The Bertz CT molecular complexity index is 1490. The van der Waals surface area contributed by atoms with Gasteiger partial charge in [-0.1, -0.05) is 25.1 Å². The van der Waals surface area contributed by atoms with Gasteiger partial charge in [0.25, 0.3) is 17.4 Å². The van der Waals surface area contributed by atoms with Crippen molar-refractivity contribution < 1.29 is 9.59 Å². The van der Waals surface area contributed by atoms with E-state index in [1.54, 1.807) is 54.6 Å². The van der Waals surface area contributed by atoms with Crippen molar-refractivity contribution in [3.05, 3.63) is 99.0 Å². The van der Waals surface area contributed by atoms with Gasteiger partial charge in [-0.25, -0.2) is 4.79 Å². The van der Waals surface area contributed by atoms with Crippen LogP contribution in [0.2, 0.25) is 0 Å². The van der Waals surface area contributed by atoms with Crippen LogP contribution in [0.1, 0.15) is 34.1 Å². The first-order valence-electron chi connectivity index (χ1n) is 10.8. The van der Waals surface area contributed by atoms with Gasteiger partial charge in [0.05, 0.1) is 34.0 Å². The Hall–Kier alpha value is -4.53. The highest BCUT2D eigenvalue weighted by atomic mass is 16.2. The number of aromatic amines is 1. The highest BCUT2D eigenvalue weighted by Crippen LogP contribution is 2.29. The Balaban J connectivity index is 1.91. The molecule has 0 fully saturated rings. The third-order valence-electron chi connectivity index (χ3n) is 5.37. The Labute approximate surface area is 194 Å². The van der Waals surface area contributed by atoms with E-state index >= 15 is 0 Å². The molecule has 172 valence electrons. The highest BCUT2D eigenvalue weighted by Gasteiger charge is 2.22. The van der Waals surface area contributed by atoms with Gasteiger partial charge in [0.2, 0.25) is 0 Å². The second-order valence-electron chi connectivity index (χ2n) is 7.63. The molecular weight excluding hydrogens is 434 g/mol. The number of amides is 2. The fraction of sp³-hybridized carbons (Fsp3) is 0.160. The molecule has 0 atom stereocenters. The van der Waals surface area contributed by atoms with Crippen molar-refractivity contribution in [1.29, 1.82) is 0 Å². The number of pyridine rings is 1. The second-order valence-corrected chi connectivity index (χ2v) is 7.63. The van der Waals surface area contributed by atoms with E-state index in [4.69, 9.17) is 0 Å². The molecule has 2 N–H and O–H groups in total. The van der Waals surface area contributed by atoms with E-state index in [1.165, 1.54) is 24.3 Å². The molecular formula is C25H23N5O4. The lowest BCUT2D eigenvalue weighted by molar-refractivity contribution is 0.0959. The van der Waals surface area contributed by atoms with Gasteiger partial charge >= 0.3 is 5.69 Å². The van der Waals surface area contributed by atoms with E-state index < -0.39 is 11.2 Å². The fourth-order valence-corrected chi connectivity index (χ4v) is 3.72. The molecule has 9 nitrogen and oxygen atoms in total. The summed E-state index contributed by atoms with van der Waals surface area (Å²) in [6, 6.07) is 15.0. The molecule has 0 aliphatic carbocycles. The van der Waals surface area contributed by atoms with Crippen LogP contribution in [0, 0.1) is 0 Å². The van der Waals surface area contributed by atoms with Crippen molar-refractivity contribution in [2.24, 2.45) is 0 Å². The van der Waals surface area contributed by atoms with E-state index in [0.717, 1.165) is 4.57 Å². The van der Waals surface area contributed by atoms with Crippen LogP contribution < -0.4 is 21.5 Å². The summed E-state index contributed by atoms with van der Waals surface area (Å²) in [4.78, 5) is 59.3. The number of nitrogens with one attached hydrogen (secondary N) is 2. The van der Waals surface area contributed by atoms with Gasteiger partial charge in [-0.2, -0.15) is 0 Å². The second kappa shape index (κ2) is 9.53. The number of benzene rings is 2. The number of carbonyl (C=O) groups excluding carboxylic acids is 2. The first-order chi connectivity index (χ1) is 16.4. The van der Waals surface area contributed by atoms with Crippen molar-refractivity contribution in [3.63, 3.8) is 0 Å². The van der Waals surface area contributed by atoms with Crippen molar-refractivity contribution in [2.75, 3.05) is 11.9 Å². The number of hydrogen-bond acceptors (Lipinski definition) is 5. The van der Waals surface area contributed by atoms with Gasteiger partial charge < -0.3 is 10.3 Å². The van der Waals surface area contributed by atoms with Gasteiger partial charge in [-0.05, 0) is 42.8 Å². The number of fused-ring (bicyclic) bond motifs is 1. The number of aromatic nitrogens is 3. The lowest BCUT2D eigenvalue weighted by Gasteiger charge is -2.23. The van der Waals surface area contributed by atoms with Gasteiger partial charge in [0, 0.05) is 25.4 Å². The van der Waals surface area contributed by atoms with Crippen molar-refractivity contribution in [1.82, 2.24) is 19.9 Å². The summed E-state index contributed by atoms with van der Waals surface area (Å²) in [7, 11) is 1.51. The molecule has 2 aromatic carbocycles. The zero-order chi connectivity index (χ0) is 24.2. The smallest absolute Gasteiger partial charge is 0.328 e. The molecule has 0 bridgehead atoms. The fourth-order valence-electron chi connectivity index (χ4n) is 3.72. The zero-order valence-corrected chi connectivity index (χ0v) is 18.7. The average molecular weight is 457 g/mol. The van der Waals surface area contributed by atoms with Gasteiger partial charge in [-0.15, -0.1) is 0 Å². The van der Waals surface area contributed by atoms with Crippen molar-refractivity contribution >= 4 is 34.1 Å². The quantitative estimate of drug-likeness (QED) is 0.462. The summed E-state index contributed by atoms with van der Waals surface area (Å²) < 4.78 is 1.16. The molecule has 0 saturated carbocycles. The summed E-state index contributed by atoms with van der Waals surface area (Å²) in [6.45, 7) is 2.19. The number of H-pyrrole nitrogens is 1. The first-order valence-corrected chi connectivity index (χ1v) is 10.8. The van der Waals surface area contributed by atoms with E-state index in [2.05, 4.69) is 15.3 Å². The van der Waals surface area contributed by atoms with Gasteiger partial charge in [-0.3, -0.25) is 28.8 Å². The number of nitrogens with zero attached hydrogens (tertiary/aromatic N) is 3. The van der Waals surface area contributed by atoms with Crippen LogP contribution in [-0.2, 0) is 6.54 Å². The number of anilines is 2. The molecule has 9 heteroatoms. The largest absolute Gasteiger partial charge is 0.355 e. The Morgan fingerprint density at radius 2 is 1.76 bits per heavy atom. The van der Waals surface area contributed by atoms with Crippen LogP contribution >= 0.6 is 0 Å². The molecule has 2 heterocycles. The third-order valence-corrected chi connectivity index (χ3v) is 5.37. The van der Waals surface area contributed by atoms with E-state index in [9.17, 15) is 19.2 Å². The molecule has 0 aliphatic heterocycles. The summed E-state index contributed by atoms with van der Waals surface area (Å²) in [5.41, 5.74) is 0.858. The van der Waals surface area contributed by atoms with Crippen molar-refractivity contribution in [2.45, 2.75) is 19.9 Å². The van der Waals surface area contributed by atoms with Crippen molar-refractivity contribution in [3.8, 4) is 0 Å². The lowest BCUT2D eigenvalue weighted by Crippen LogP contribution is -2.35. The van der Waals surface area contributed by atoms with Crippen LogP contribution in [0.4, 0.5) is 11.4 Å². The predicted molar refractivity (Wildman–Crippen MR) is 130 cm³/mol. The van der Waals surface area contributed by atoms with Gasteiger partial charge in [0.15, 0.2) is 0 Å². The molecule has 0 radical (unpaired) electrons. The molecule has 34 heavy (non-hydrogen) atoms. The van der Waals surface area contributed by atoms with Crippen LogP contribution in [0.15, 0.2) is 76.6 Å². The first kappa shape index (κ1) is 22.7. The molecule has 0 saturated heterocycles. The number of hydrogen-bond donors (Lipinski definition) is 2. The minimum Gasteiger partial charge on any atom is -0.355 e. The number of rotatable bonds is 6. The van der Waals surface area contributed by atoms with E-state index in [1.807, 2.05) is 6.92 Å². The average Bonchev–Trinajstić information content (AvgIpc) is 2.86. The van der Waals surface area contributed by atoms with Gasteiger partial charge in [0.1, 0.15) is 0 Å². The SMILES string of the molecule is CCCn1c(=O)[nH]c2cc(N(C(=O)c3ccccc3)c3cncc(C(=O)NC)c3)ccc2c1=O. The molecule has 2 amide bonds. The summed E-state index contributed by atoms with van der Waals surface area (Å²) >= 11 is 0. The summed E-state index contributed by atoms with van der Waals surface area (Å²) in [6.07, 6.45) is 3.52. The standard InChI is InChI=1S/C25H23N5O4/c1-3-11-29-24(33)20-10-9-18(13-21(20)28-25(29)34)30(23(32)16-7-5-4-6-8-16)19-12-17(14-27-15-19)22(31)26-2/h4-10,12-15H,3,11H2,1-2H3,(H,26,31)(H,28,34). The monoisotopic (exact) mass is 457 g/mol. The zero-order valence-electron chi connectivity index (χ0n) is 18.7. The topological polar surface area (TPSA) is 117 Å².